The van der Waals surface area contributed by atoms with Gasteiger partial charge in [-0.05, 0) is 49.3 Å². The normalized spacial score (nSPS) is 12.6. The first kappa shape index (κ1) is 15.1. The lowest BCUT2D eigenvalue weighted by molar-refractivity contribution is 0.0801. The smallest absolute Gasteiger partial charge is 0.120 e. The first-order valence-corrected chi connectivity index (χ1v) is 7.16. The van der Waals surface area contributed by atoms with Gasteiger partial charge in [-0.25, -0.2) is 0 Å². The quantitative estimate of drug-likeness (QED) is 0.661. The van der Waals surface area contributed by atoms with Crippen LogP contribution in [0.25, 0.3) is 0 Å². The Morgan fingerprint density at radius 3 is 2.06 bits per heavy atom. The number of hydrogen-bond donors (Lipinski definition) is 0. The standard InChI is InChI=1S/C17H28O/c1-7-16(4,5)14-11-10-12-15(13-14)18-17(6,8-2)9-3/h10-13H,7-9H2,1-6H3. The fourth-order valence-electron chi connectivity index (χ4n) is 1.86. The Bertz CT molecular complexity index is 375. The highest BCUT2D eigenvalue weighted by molar-refractivity contribution is 5.33. The van der Waals surface area contributed by atoms with Crippen molar-refractivity contribution >= 4 is 0 Å². The lowest BCUT2D eigenvalue weighted by atomic mass is 9.82. The summed E-state index contributed by atoms with van der Waals surface area (Å²) in [5.41, 5.74) is 1.53. The van der Waals surface area contributed by atoms with Gasteiger partial charge in [0, 0.05) is 0 Å². The van der Waals surface area contributed by atoms with Crippen LogP contribution < -0.4 is 4.74 Å². The van der Waals surface area contributed by atoms with E-state index in [0.29, 0.717) is 0 Å². The second kappa shape index (κ2) is 5.77. The Kier molecular flexibility index (Phi) is 4.84. The molecule has 0 radical (unpaired) electrons. The topological polar surface area (TPSA) is 9.23 Å². The van der Waals surface area contributed by atoms with Crippen LogP contribution in [0.1, 0.15) is 66.4 Å². The molecule has 1 nitrogen and oxygen atoms in total. The highest BCUT2D eigenvalue weighted by atomic mass is 16.5. The molecule has 0 saturated carbocycles. The molecule has 0 aliphatic carbocycles. The molecule has 1 rings (SSSR count). The van der Waals surface area contributed by atoms with E-state index in [1.54, 1.807) is 0 Å². The molecular weight excluding hydrogens is 220 g/mol. The maximum atomic E-state index is 6.18. The van der Waals surface area contributed by atoms with Crippen LogP contribution in [0.3, 0.4) is 0 Å². The molecule has 0 aromatic heterocycles. The van der Waals surface area contributed by atoms with Gasteiger partial charge in [0.2, 0.25) is 0 Å². The van der Waals surface area contributed by atoms with Gasteiger partial charge < -0.3 is 4.74 Å². The molecular formula is C17H28O. The Morgan fingerprint density at radius 2 is 1.56 bits per heavy atom. The van der Waals surface area contributed by atoms with Gasteiger partial charge in [-0.2, -0.15) is 0 Å². The summed E-state index contributed by atoms with van der Waals surface area (Å²) in [5, 5.41) is 0. The van der Waals surface area contributed by atoms with Crippen molar-refractivity contribution in [3.63, 3.8) is 0 Å². The van der Waals surface area contributed by atoms with E-state index >= 15 is 0 Å². The van der Waals surface area contributed by atoms with Crippen LogP contribution in [0.15, 0.2) is 24.3 Å². The van der Waals surface area contributed by atoms with Crippen molar-refractivity contribution in [3.8, 4) is 5.75 Å². The largest absolute Gasteiger partial charge is 0.488 e. The Balaban J connectivity index is 2.96. The zero-order valence-corrected chi connectivity index (χ0v) is 12.8. The van der Waals surface area contributed by atoms with E-state index in [2.05, 4.69) is 65.8 Å². The molecule has 0 N–H and O–H groups in total. The maximum Gasteiger partial charge on any atom is 0.120 e. The van der Waals surface area contributed by atoms with Crippen molar-refractivity contribution in [2.75, 3.05) is 0 Å². The minimum absolute atomic E-state index is 0.0466. The molecule has 0 bridgehead atoms. The first-order valence-electron chi connectivity index (χ1n) is 7.16. The van der Waals surface area contributed by atoms with E-state index in [9.17, 15) is 0 Å². The van der Waals surface area contributed by atoms with E-state index in [1.807, 2.05) is 0 Å². The van der Waals surface area contributed by atoms with Gasteiger partial charge in [0.25, 0.3) is 0 Å². The molecule has 1 heteroatoms. The zero-order chi connectivity index (χ0) is 13.8. The molecule has 0 amide bonds. The third kappa shape index (κ3) is 3.51. The van der Waals surface area contributed by atoms with Crippen LogP contribution in [0, 0.1) is 0 Å². The van der Waals surface area contributed by atoms with Crippen LogP contribution in [-0.2, 0) is 5.41 Å². The molecule has 0 unspecified atom stereocenters. The van der Waals surface area contributed by atoms with Gasteiger partial charge in [0.15, 0.2) is 0 Å². The summed E-state index contributed by atoms with van der Waals surface area (Å²) >= 11 is 0. The molecule has 0 fully saturated rings. The monoisotopic (exact) mass is 248 g/mol. The molecule has 18 heavy (non-hydrogen) atoms. The van der Waals surface area contributed by atoms with Crippen LogP contribution in [0.2, 0.25) is 0 Å². The minimum atomic E-state index is -0.0466. The lowest BCUT2D eigenvalue weighted by Gasteiger charge is -2.30. The van der Waals surface area contributed by atoms with Gasteiger partial charge in [-0.15, -0.1) is 0 Å². The molecule has 0 atom stereocenters. The van der Waals surface area contributed by atoms with Crippen LogP contribution >= 0.6 is 0 Å². The van der Waals surface area contributed by atoms with E-state index in [0.717, 1.165) is 25.0 Å². The molecule has 0 spiro atoms. The second-order valence-electron chi connectivity index (χ2n) is 6.02. The summed E-state index contributed by atoms with van der Waals surface area (Å²) < 4.78 is 6.18. The molecule has 0 heterocycles. The second-order valence-corrected chi connectivity index (χ2v) is 6.02. The van der Waals surface area contributed by atoms with E-state index < -0.39 is 0 Å². The number of rotatable bonds is 6. The molecule has 1 aromatic rings. The summed E-state index contributed by atoms with van der Waals surface area (Å²) in [6, 6.07) is 8.57. The SMILES string of the molecule is CCC(C)(CC)Oc1cccc(C(C)(C)CC)c1. The van der Waals surface area contributed by atoms with Crippen molar-refractivity contribution in [1.29, 1.82) is 0 Å². The first-order chi connectivity index (χ1) is 8.37. The lowest BCUT2D eigenvalue weighted by Crippen LogP contribution is -2.30. The molecule has 102 valence electrons. The predicted molar refractivity (Wildman–Crippen MR) is 79.4 cm³/mol. The number of ether oxygens (including phenoxy) is 1. The Hall–Kier alpha value is -0.980. The fourth-order valence-corrected chi connectivity index (χ4v) is 1.86. The van der Waals surface area contributed by atoms with Gasteiger partial charge >= 0.3 is 0 Å². The van der Waals surface area contributed by atoms with Crippen LogP contribution in [0.5, 0.6) is 5.75 Å². The molecule has 0 aliphatic heterocycles. The summed E-state index contributed by atoms with van der Waals surface area (Å²) in [5.74, 6) is 1.00. The van der Waals surface area contributed by atoms with Gasteiger partial charge in [-0.3, -0.25) is 0 Å². The molecule has 0 saturated heterocycles. The summed E-state index contributed by atoms with van der Waals surface area (Å²) in [6.07, 6.45) is 3.20. The highest BCUT2D eigenvalue weighted by Gasteiger charge is 2.23. The van der Waals surface area contributed by atoms with Crippen molar-refractivity contribution in [2.24, 2.45) is 0 Å². The van der Waals surface area contributed by atoms with E-state index in [-0.39, 0.29) is 11.0 Å². The van der Waals surface area contributed by atoms with Crippen LogP contribution in [-0.4, -0.2) is 5.60 Å². The van der Waals surface area contributed by atoms with Crippen molar-refractivity contribution < 1.29 is 4.74 Å². The molecule has 0 aliphatic rings. The van der Waals surface area contributed by atoms with Crippen molar-refractivity contribution in [1.82, 2.24) is 0 Å². The zero-order valence-electron chi connectivity index (χ0n) is 12.8. The van der Waals surface area contributed by atoms with Gasteiger partial charge in [0.05, 0.1) is 0 Å². The van der Waals surface area contributed by atoms with Crippen LogP contribution in [0.4, 0.5) is 0 Å². The van der Waals surface area contributed by atoms with Gasteiger partial charge in [-0.1, -0.05) is 46.8 Å². The average Bonchev–Trinajstić information content (AvgIpc) is 2.39. The summed E-state index contributed by atoms with van der Waals surface area (Å²) in [6.45, 7) is 13.4. The third-order valence-corrected chi connectivity index (χ3v) is 4.36. The molecule has 1 aromatic carbocycles. The van der Waals surface area contributed by atoms with E-state index in [1.165, 1.54) is 5.56 Å². The third-order valence-electron chi connectivity index (χ3n) is 4.36. The Labute approximate surface area is 113 Å². The Morgan fingerprint density at radius 1 is 0.944 bits per heavy atom. The predicted octanol–water partition coefficient (Wildman–Crippen LogP) is 5.33. The fraction of sp³-hybridized carbons (Fsp3) is 0.647. The minimum Gasteiger partial charge on any atom is -0.488 e. The summed E-state index contributed by atoms with van der Waals surface area (Å²) in [4.78, 5) is 0. The number of benzene rings is 1. The summed E-state index contributed by atoms with van der Waals surface area (Å²) in [7, 11) is 0. The van der Waals surface area contributed by atoms with Gasteiger partial charge in [0.1, 0.15) is 11.4 Å². The average molecular weight is 248 g/mol. The maximum absolute atomic E-state index is 6.18. The van der Waals surface area contributed by atoms with E-state index in [4.69, 9.17) is 4.74 Å². The number of hydrogen-bond acceptors (Lipinski definition) is 1. The van der Waals surface area contributed by atoms with Crippen molar-refractivity contribution in [2.45, 2.75) is 71.8 Å². The van der Waals surface area contributed by atoms with Crippen molar-refractivity contribution in [3.05, 3.63) is 29.8 Å². The highest BCUT2D eigenvalue weighted by Crippen LogP contribution is 2.31.